The van der Waals surface area contributed by atoms with Crippen molar-refractivity contribution in [2.24, 2.45) is 5.41 Å². The van der Waals surface area contributed by atoms with Crippen molar-refractivity contribution in [1.29, 1.82) is 0 Å². The maximum Gasteiger partial charge on any atom is 0.233 e. The lowest BCUT2D eigenvalue weighted by molar-refractivity contribution is 0.112. The van der Waals surface area contributed by atoms with E-state index in [9.17, 15) is 0 Å². The Morgan fingerprint density at radius 2 is 2.19 bits per heavy atom. The van der Waals surface area contributed by atoms with E-state index in [4.69, 9.17) is 0 Å². The largest absolute Gasteiger partial charge is 0.306 e. The minimum absolute atomic E-state index is 0.532. The molecule has 0 radical (unpaired) electrons. The van der Waals surface area contributed by atoms with E-state index in [1.807, 2.05) is 16.7 Å². The van der Waals surface area contributed by atoms with Crippen LogP contribution in [0.5, 0.6) is 0 Å². The molecule has 2 saturated heterocycles. The number of hydrogen-bond donors (Lipinski definition) is 0. The molecule has 5 heteroatoms. The van der Waals surface area contributed by atoms with Gasteiger partial charge < -0.3 is 4.90 Å². The molecule has 1 unspecified atom stereocenters. The predicted molar refractivity (Wildman–Crippen MR) is 82.0 cm³/mol. The highest BCUT2D eigenvalue weighted by molar-refractivity contribution is 5.29. The first-order valence-electron chi connectivity index (χ1n) is 7.92. The quantitative estimate of drug-likeness (QED) is 0.840. The van der Waals surface area contributed by atoms with Gasteiger partial charge in [-0.2, -0.15) is 0 Å². The molecular weight excluding hydrogens is 262 g/mol. The van der Waals surface area contributed by atoms with Gasteiger partial charge >= 0.3 is 0 Å². The van der Waals surface area contributed by atoms with Gasteiger partial charge in [-0.15, -0.1) is 0 Å². The Bertz CT molecular complexity index is 603. The second-order valence-electron chi connectivity index (χ2n) is 6.86. The van der Waals surface area contributed by atoms with Crippen molar-refractivity contribution in [3.8, 4) is 0 Å². The van der Waals surface area contributed by atoms with E-state index in [-0.39, 0.29) is 0 Å². The lowest BCUT2D eigenvalue weighted by Gasteiger charge is -2.38. The zero-order chi connectivity index (χ0) is 14.3. The van der Waals surface area contributed by atoms with Crippen LogP contribution in [-0.2, 0) is 6.54 Å². The molecule has 0 aliphatic carbocycles. The van der Waals surface area contributed by atoms with Gasteiger partial charge in [0, 0.05) is 38.2 Å². The van der Waals surface area contributed by atoms with Crippen molar-refractivity contribution in [2.75, 3.05) is 33.2 Å². The van der Waals surface area contributed by atoms with Gasteiger partial charge in [-0.3, -0.25) is 9.30 Å². The summed E-state index contributed by atoms with van der Waals surface area (Å²) in [6.45, 7) is 5.90. The van der Waals surface area contributed by atoms with Crippen LogP contribution in [0.1, 0.15) is 25.0 Å². The Labute approximate surface area is 125 Å². The molecule has 2 fully saturated rings. The molecule has 0 N–H and O–H groups in total. The van der Waals surface area contributed by atoms with Gasteiger partial charge in [-0.1, -0.05) is 0 Å². The van der Waals surface area contributed by atoms with Gasteiger partial charge in [0.1, 0.15) is 0 Å². The van der Waals surface area contributed by atoms with Crippen LogP contribution in [0.3, 0.4) is 0 Å². The molecule has 5 nitrogen and oxygen atoms in total. The summed E-state index contributed by atoms with van der Waals surface area (Å²) in [5.41, 5.74) is 1.67. The third kappa shape index (κ3) is 2.56. The van der Waals surface area contributed by atoms with Gasteiger partial charge in [0.25, 0.3) is 0 Å². The molecule has 1 spiro atoms. The SMILES string of the molecule is CN1CCCC2(CCN(Cc3cn4cccnc4n3)C2)C1. The Morgan fingerprint density at radius 1 is 1.24 bits per heavy atom. The molecule has 4 heterocycles. The van der Waals surface area contributed by atoms with Crippen LogP contribution in [0.25, 0.3) is 5.78 Å². The molecule has 1 atom stereocenters. The second-order valence-corrected chi connectivity index (χ2v) is 6.86. The molecule has 2 aliphatic rings. The highest BCUT2D eigenvalue weighted by Gasteiger charge is 2.40. The number of imidazole rings is 1. The first kappa shape index (κ1) is 13.2. The maximum atomic E-state index is 4.62. The summed E-state index contributed by atoms with van der Waals surface area (Å²) in [5, 5.41) is 0. The minimum atomic E-state index is 0.532. The summed E-state index contributed by atoms with van der Waals surface area (Å²) in [6, 6.07) is 1.95. The van der Waals surface area contributed by atoms with E-state index in [1.165, 1.54) is 45.4 Å². The first-order chi connectivity index (χ1) is 10.2. The van der Waals surface area contributed by atoms with Gasteiger partial charge in [0.05, 0.1) is 5.69 Å². The number of nitrogens with zero attached hydrogens (tertiary/aromatic N) is 5. The third-order valence-corrected chi connectivity index (χ3v) is 5.04. The number of aromatic nitrogens is 3. The maximum absolute atomic E-state index is 4.62. The Morgan fingerprint density at radius 3 is 3.05 bits per heavy atom. The number of fused-ring (bicyclic) bond motifs is 1. The molecule has 2 aliphatic heterocycles. The fraction of sp³-hybridized carbons (Fsp3) is 0.625. The summed E-state index contributed by atoms with van der Waals surface area (Å²) in [7, 11) is 2.26. The fourth-order valence-corrected chi connectivity index (χ4v) is 4.14. The van der Waals surface area contributed by atoms with Crippen LogP contribution < -0.4 is 0 Å². The molecule has 0 bridgehead atoms. The Hall–Kier alpha value is -1.46. The summed E-state index contributed by atoms with van der Waals surface area (Å²) in [4.78, 5) is 14.0. The first-order valence-corrected chi connectivity index (χ1v) is 7.92. The van der Waals surface area contributed by atoms with Crippen LogP contribution in [0, 0.1) is 5.41 Å². The van der Waals surface area contributed by atoms with E-state index >= 15 is 0 Å². The summed E-state index contributed by atoms with van der Waals surface area (Å²) >= 11 is 0. The molecule has 2 aromatic rings. The molecule has 0 aromatic carbocycles. The number of hydrogen-bond acceptors (Lipinski definition) is 4. The molecule has 0 amide bonds. The number of rotatable bonds is 2. The summed E-state index contributed by atoms with van der Waals surface area (Å²) in [6.07, 6.45) is 10.0. The smallest absolute Gasteiger partial charge is 0.233 e. The Kier molecular flexibility index (Phi) is 3.19. The van der Waals surface area contributed by atoms with Crippen molar-refractivity contribution >= 4 is 5.78 Å². The van der Waals surface area contributed by atoms with Gasteiger partial charge in [0.2, 0.25) is 5.78 Å². The number of piperidine rings is 1. The topological polar surface area (TPSA) is 36.7 Å². The lowest BCUT2D eigenvalue weighted by atomic mass is 9.79. The fourth-order valence-electron chi connectivity index (χ4n) is 4.14. The van der Waals surface area contributed by atoms with Crippen LogP contribution in [0.4, 0.5) is 0 Å². The van der Waals surface area contributed by atoms with Crippen molar-refractivity contribution in [3.63, 3.8) is 0 Å². The molecule has 4 rings (SSSR count). The highest BCUT2D eigenvalue weighted by atomic mass is 15.2. The Balaban J connectivity index is 1.46. The normalized spacial score (nSPS) is 27.9. The van der Waals surface area contributed by atoms with E-state index in [2.05, 4.69) is 33.0 Å². The van der Waals surface area contributed by atoms with E-state index in [0.29, 0.717) is 5.41 Å². The van der Waals surface area contributed by atoms with E-state index < -0.39 is 0 Å². The van der Waals surface area contributed by atoms with Crippen molar-refractivity contribution in [1.82, 2.24) is 24.2 Å². The van der Waals surface area contributed by atoms with Crippen molar-refractivity contribution in [3.05, 3.63) is 30.4 Å². The predicted octanol–water partition coefficient (Wildman–Crippen LogP) is 1.65. The van der Waals surface area contributed by atoms with E-state index in [0.717, 1.165) is 18.0 Å². The van der Waals surface area contributed by atoms with Gasteiger partial charge in [-0.05, 0) is 50.9 Å². The minimum Gasteiger partial charge on any atom is -0.306 e. The summed E-state index contributed by atoms with van der Waals surface area (Å²) in [5.74, 6) is 0.804. The molecule has 21 heavy (non-hydrogen) atoms. The molecule has 112 valence electrons. The monoisotopic (exact) mass is 285 g/mol. The van der Waals surface area contributed by atoms with Crippen LogP contribution in [-0.4, -0.2) is 57.4 Å². The number of likely N-dealkylation sites (tertiary alicyclic amines) is 2. The average molecular weight is 285 g/mol. The molecular formula is C16H23N5. The van der Waals surface area contributed by atoms with Gasteiger partial charge in [-0.25, -0.2) is 9.97 Å². The average Bonchev–Trinajstić information content (AvgIpc) is 3.03. The molecule has 0 saturated carbocycles. The molecule has 2 aromatic heterocycles. The zero-order valence-corrected chi connectivity index (χ0v) is 12.7. The standard InChI is InChI=1S/C16H23N5/c1-19-7-2-4-16(12-19)5-9-20(13-16)10-14-11-21-8-3-6-17-15(21)18-14/h3,6,8,11H,2,4-5,7,9-10,12-13H2,1H3. The lowest BCUT2D eigenvalue weighted by Crippen LogP contribution is -2.42. The summed E-state index contributed by atoms with van der Waals surface area (Å²) < 4.78 is 2.01. The second kappa shape index (κ2) is 5.07. The zero-order valence-electron chi connectivity index (χ0n) is 12.7. The highest BCUT2D eigenvalue weighted by Crippen LogP contribution is 2.38. The van der Waals surface area contributed by atoms with Crippen LogP contribution in [0.2, 0.25) is 0 Å². The third-order valence-electron chi connectivity index (χ3n) is 5.04. The van der Waals surface area contributed by atoms with Crippen LogP contribution >= 0.6 is 0 Å². The van der Waals surface area contributed by atoms with Crippen molar-refractivity contribution in [2.45, 2.75) is 25.8 Å². The van der Waals surface area contributed by atoms with Crippen LogP contribution in [0.15, 0.2) is 24.7 Å². The van der Waals surface area contributed by atoms with Crippen molar-refractivity contribution < 1.29 is 0 Å². The van der Waals surface area contributed by atoms with Gasteiger partial charge in [0.15, 0.2) is 0 Å². The van der Waals surface area contributed by atoms with E-state index in [1.54, 1.807) is 6.20 Å².